The Morgan fingerprint density at radius 1 is 1.13 bits per heavy atom. The van der Waals surface area contributed by atoms with Crippen molar-refractivity contribution >= 4 is 15.9 Å². The van der Waals surface area contributed by atoms with E-state index in [1.54, 1.807) is 0 Å². The van der Waals surface area contributed by atoms with Crippen LogP contribution in [-0.4, -0.2) is 6.54 Å². The fraction of sp³-hybridized carbons (Fsp3) is 0.538. The van der Waals surface area contributed by atoms with E-state index < -0.39 is 0 Å². The van der Waals surface area contributed by atoms with Gasteiger partial charge in [-0.05, 0) is 43.5 Å². The molecule has 0 amide bonds. The third-order valence-electron chi connectivity index (χ3n) is 2.54. The summed E-state index contributed by atoms with van der Waals surface area (Å²) in [5.74, 6) is 0.773. The topological polar surface area (TPSA) is 12.0 Å². The molecule has 1 aromatic rings. The van der Waals surface area contributed by atoms with Crippen LogP contribution in [0.3, 0.4) is 0 Å². The molecule has 1 atom stereocenters. The van der Waals surface area contributed by atoms with Gasteiger partial charge in [0, 0.05) is 10.5 Å². The standard InChI is InChI=1S/C13H20BrN/c1-10(2)8-9-15-11(3)12-4-6-13(14)7-5-12/h4-7,10-11,15H,8-9H2,1-3H3/t11-/m0/s1. The molecule has 0 aliphatic rings. The Labute approximate surface area is 101 Å². The monoisotopic (exact) mass is 269 g/mol. The van der Waals surface area contributed by atoms with Crippen molar-refractivity contribution in [3.05, 3.63) is 34.3 Å². The number of hydrogen-bond acceptors (Lipinski definition) is 1. The van der Waals surface area contributed by atoms with Crippen molar-refractivity contribution in [2.45, 2.75) is 33.2 Å². The predicted octanol–water partition coefficient (Wildman–Crippen LogP) is 4.15. The first-order valence-electron chi connectivity index (χ1n) is 5.58. The second kappa shape index (κ2) is 6.29. The highest BCUT2D eigenvalue weighted by Crippen LogP contribution is 2.16. The second-order valence-corrected chi connectivity index (χ2v) is 5.33. The summed E-state index contributed by atoms with van der Waals surface area (Å²) in [5.41, 5.74) is 1.35. The Balaban J connectivity index is 2.40. The lowest BCUT2D eigenvalue weighted by atomic mass is 10.1. The lowest BCUT2D eigenvalue weighted by molar-refractivity contribution is 0.497. The van der Waals surface area contributed by atoms with Gasteiger partial charge in [-0.1, -0.05) is 41.9 Å². The van der Waals surface area contributed by atoms with E-state index in [4.69, 9.17) is 0 Å². The molecule has 0 spiro atoms. The van der Waals surface area contributed by atoms with Gasteiger partial charge in [0.2, 0.25) is 0 Å². The molecule has 0 saturated heterocycles. The highest BCUT2D eigenvalue weighted by molar-refractivity contribution is 9.10. The molecule has 0 fully saturated rings. The van der Waals surface area contributed by atoms with Crippen LogP contribution in [0.25, 0.3) is 0 Å². The average molecular weight is 270 g/mol. The Kier molecular flexibility index (Phi) is 5.34. The van der Waals surface area contributed by atoms with E-state index in [1.807, 2.05) is 0 Å². The Morgan fingerprint density at radius 2 is 1.73 bits per heavy atom. The van der Waals surface area contributed by atoms with Gasteiger partial charge in [0.1, 0.15) is 0 Å². The first-order chi connectivity index (χ1) is 7.09. The minimum atomic E-state index is 0.442. The summed E-state index contributed by atoms with van der Waals surface area (Å²) in [5, 5.41) is 3.53. The summed E-state index contributed by atoms with van der Waals surface area (Å²) in [6, 6.07) is 8.96. The molecule has 1 N–H and O–H groups in total. The van der Waals surface area contributed by atoms with Gasteiger partial charge in [0.25, 0.3) is 0 Å². The quantitative estimate of drug-likeness (QED) is 0.847. The van der Waals surface area contributed by atoms with Gasteiger partial charge in [-0.15, -0.1) is 0 Å². The average Bonchev–Trinajstić information content (AvgIpc) is 2.18. The van der Waals surface area contributed by atoms with Gasteiger partial charge in [-0.25, -0.2) is 0 Å². The number of rotatable bonds is 5. The second-order valence-electron chi connectivity index (χ2n) is 4.41. The van der Waals surface area contributed by atoms with Gasteiger partial charge < -0.3 is 5.32 Å². The molecule has 0 aliphatic heterocycles. The van der Waals surface area contributed by atoms with Gasteiger partial charge in [-0.3, -0.25) is 0 Å². The molecule has 0 aromatic heterocycles. The zero-order valence-electron chi connectivity index (χ0n) is 9.76. The van der Waals surface area contributed by atoms with Gasteiger partial charge in [0.15, 0.2) is 0 Å². The summed E-state index contributed by atoms with van der Waals surface area (Å²) < 4.78 is 1.14. The molecule has 0 bridgehead atoms. The van der Waals surface area contributed by atoms with Gasteiger partial charge in [0.05, 0.1) is 0 Å². The smallest absolute Gasteiger partial charge is 0.0291 e. The molecule has 0 unspecified atom stereocenters. The highest BCUT2D eigenvalue weighted by atomic mass is 79.9. The highest BCUT2D eigenvalue weighted by Gasteiger charge is 2.04. The minimum absolute atomic E-state index is 0.442. The summed E-state index contributed by atoms with van der Waals surface area (Å²) in [7, 11) is 0. The van der Waals surface area contributed by atoms with E-state index in [0.717, 1.165) is 16.9 Å². The number of hydrogen-bond donors (Lipinski definition) is 1. The van der Waals surface area contributed by atoms with Crippen LogP contribution >= 0.6 is 15.9 Å². The van der Waals surface area contributed by atoms with E-state index in [0.29, 0.717) is 6.04 Å². The summed E-state index contributed by atoms with van der Waals surface area (Å²) in [4.78, 5) is 0. The zero-order chi connectivity index (χ0) is 11.3. The predicted molar refractivity (Wildman–Crippen MR) is 70.0 cm³/mol. The SMILES string of the molecule is CC(C)CCN[C@@H](C)c1ccc(Br)cc1. The lowest BCUT2D eigenvalue weighted by Crippen LogP contribution is -2.20. The first kappa shape index (κ1) is 12.7. The molecule has 0 radical (unpaired) electrons. The van der Waals surface area contributed by atoms with E-state index in [9.17, 15) is 0 Å². The van der Waals surface area contributed by atoms with E-state index in [1.165, 1.54) is 12.0 Å². The Bertz CT molecular complexity index is 279. The maximum atomic E-state index is 3.53. The van der Waals surface area contributed by atoms with Crippen molar-refractivity contribution in [1.82, 2.24) is 5.32 Å². The fourth-order valence-electron chi connectivity index (χ4n) is 1.46. The minimum Gasteiger partial charge on any atom is -0.310 e. The lowest BCUT2D eigenvalue weighted by Gasteiger charge is -2.15. The molecule has 1 rings (SSSR count). The van der Waals surface area contributed by atoms with Crippen LogP contribution in [0, 0.1) is 5.92 Å². The van der Waals surface area contributed by atoms with E-state index in [-0.39, 0.29) is 0 Å². The summed E-state index contributed by atoms with van der Waals surface area (Å²) >= 11 is 3.45. The van der Waals surface area contributed by atoms with Gasteiger partial charge >= 0.3 is 0 Å². The number of halogens is 1. The van der Waals surface area contributed by atoms with Crippen LogP contribution in [-0.2, 0) is 0 Å². The Hall–Kier alpha value is -0.340. The van der Waals surface area contributed by atoms with Crippen LogP contribution in [0.5, 0.6) is 0 Å². The van der Waals surface area contributed by atoms with Gasteiger partial charge in [-0.2, -0.15) is 0 Å². The maximum absolute atomic E-state index is 3.53. The molecule has 2 heteroatoms. The van der Waals surface area contributed by atoms with Crippen molar-refractivity contribution in [2.75, 3.05) is 6.54 Å². The van der Waals surface area contributed by atoms with Crippen molar-refractivity contribution in [2.24, 2.45) is 5.92 Å². The van der Waals surface area contributed by atoms with Crippen molar-refractivity contribution in [3.8, 4) is 0 Å². The molecule has 0 heterocycles. The molecule has 1 nitrogen and oxygen atoms in total. The molecular formula is C13H20BrN. The van der Waals surface area contributed by atoms with E-state index >= 15 is 0 Å². The molecule has 0 saturated carbocycles. The van der Waals surface area contributed by atoms with Crippen molar-refractivity contribution in [1.29, 1.82) is 0 Å². The number of benzene rings is 1. The summed E-state index contributed by atoms with van der Waals surface area (Å²) in [6.07, 6.45) is 1.24. The largest absolute Gasteiger partial charge is 0.310 e. The van der Waals surface area contributed by atoms with E-state index in [2.05, 4.69) is 66.3 Å². The molecule has 15 heavy (non-hydrogen) atoms. The zero-order valence-corrected chi connectivity index (χ0v) is 11.3. The molecule has 1 aromatic carbocycles. The summed E-state index contributed by atoms with van der Waals surface area (Å²) in [6.45, 7) is 7.82. The van der Waals surface area contributed by atoms with Crippen molar-refractivity contribution < 1.29 is 0 Å². The Morgan fingerprint density at radius 3 is 2.27 bits per heavy atom. The van der Waals surface area contributed by atoms with Crippen LogP contribution in [0.2, 0.25) is 0 Å². The fourth-order valence-corrected chi connectivity index (χ4v) is 1.72. The third kappa shape index (κ3) is 4.80. The van der Waals surface area contributed by atoms with Crippen LogP contribution in [0.1, 0.15) is 38.8 Å². The van der Waals surface area contributed by atoms with Crippen LogP contribution < -0.4 is 5.32 Å². The number of nitrogens with one attached hydrogen (secondary N) is 1. The first-order valence-corrected chi connectivity index (χ1v) is 6.37. The van der Waals surface area contributed by atoms with Crippen LogP contribution in [0.4, 0.5) is 0 Å². The molecule has 84 valence electrons. The van der Waals surface area contributed by atoms with Crippen LogP contribution in [0.15, 0.2) is 28.7 Å². The third-order valence-corrected chi connectivity index (χ3v) is 3.07. The molecular weight excluding hydrogens is 250 g/mol. The molecule has 0 aliphatic carbocycles. The van der Waals surface area contributed by atoms with Crippen molar-refractivity contribution in [3.63, 3.8) is 0 Å². The normalized spacial score (nSPS) is 13.1. The maximum Gasteiger partial charge on any atom is 0.0291 e.